The van der Waals surface area contributed by atoms with Crippen molar-refractivity contribution >= 4 is 18.3 Å². The molecule has 1 amide bonds. The Morgan fingerprint density at radius 3 is 2.25 bits per heavy atom. The van der Waals surface area contributed by atoms with E-state index in [4.69, 9.17) is 5.73 Å². The third-order valence-corrected chi connectivity index (χ3v) is 6.42. The molecule has 2 N–H and O–H groups in total. The molecule has 28 heavy (non-hydrogen) atoms. The average molecular weight is 399 g/mol. The maximum Gasteiger partial charge on any atom is 0.226 e. The molecule has 2 unspecified atom stereocenters. The Kier molecular flexibility index (Phi) is 6.47. The summed E-state index contributed by atoms with van der Waals surface area (Å²) < 4.78 is 0. The lowest BCUT2D eigenvalue weighted by Crippen LogP contribution is -2.31. The van der Waals surface area contributed by atoms with Crippen molar-refractivity contribution in [2.24, 2.45) is 17.6 Å². The summed E-state index contributed by atoms with van der Waals surface area (Å²) in [5, 5.41) is 0. The van der Waals surface area contributed by atoms with Gasteiger partial charge in [0.25, 0.3) is 0 Å². The molecule has 2 aromatic rings. The number of hydrogen-bond acceptors (Lipinski definition) is 2. The number of carbonyl (C=O) groups excluding carboxylic acids is 1. The van der Waals surface area contributed by atoms with Crippen LogP contribution in [0, 0.1) is 11.8 Å². The van der Waals surface area contributed by atoms with Gasteiger partial charge < -0.3 is 10.6 Å². The van der Waals surface area contributed by atoms with Crippen LogP contribution in [0.2, 0.25) is 0 Å². The zero-order valence-corrected chi connectivity index (χ0v) is 17.6. The number of nitrogens with two attached hydrogens (primary N) is 1. The van der Waals surface area contributed by atoms with Crippen LogP contribution in [0.1, 0.15) is 54.7 Å². The molecule has 150 valence electrons. The van der Waals surface area contributed by atoms with E-state index >= 15 is 0 Å². The van der Waals surface area contributed by atoms with Crippen LogP contribution in [0.15, 0.2) is 54.6 Å². The number of benzene rings is 2. The Morgan fingerprint density at radius 2 is 1.64 bits per heavy atom. The standard InChI is InChI=1S/C24H30N2O.ClH/c1-16(2)17-8-10-19(11-9-17)21-12-22(21)24(27)26-14-20(13-25)23(15-26)18-6-4-3-5-7-18;/h3-11,16,20-23H,12-15,25H2,1-2H3;1H/t20-,21?,22?,23+;/m1./s1. The molecular weight excluding hydrogens is 368 g/mol. The molecular formula is C24H31ClN2O. The van der Waals surface area contributed by atoms with E-state index in [-0.39, 0.29) is 18.3 Å². The molecule has 1 heterocycles. The molecule has 2 aliphatic rings. The Labute approximate surface area is 174 Å². The van der Waals surface area contributed by atoms with Crippen LogP contribution >= 0.6 is 12.4 Å². The molecule has 3 nitrogen and oxygen atoms in total. The van der Waals surface area contributed by atoms with Gasteiger partial charge in [-0.15, -0.1) is 12.4 Å². The summed E-state index contributed by atoms with van der Waals surface area (Å²) in [4.78, 5) is 15.2. The Balaban J connectivity index is 0.00000225. The molecule has 1 aliphatic heterocycles. The van der Waals surface area contributed by atoms with E-state index in [9.17, 15) is 4.79 Å². The van der Waals surface area contributed by atoms with E-state index in [1.807, 2.05) is 6.07 Å². The molecule has 4 atom stereocenters. The minimum absolute atomic E-state index is 0. The summed E-state index contributed by atoms with van der Waals surface area (Å²) in [7, 11) is 0. The summed E-state index contributed by atoms with van der Waals surface area (Å²) in [6, 6.07) is 19.4. The number of nitrogens with zero attached hydrogens (tertiary/aromatic N) is 1. The molecule has 0 radical (unpaired) electrons. The highest BCUT2D eigenvalue weighted by atomic mass is 35.5. The first kappa shape index (κ1) is 20.9. The largest absolute Gasteiger partial charge is 0.341 e. The highest BCUT2D eigenvalue weighted by Gasteiger charge is 2.48. The Morgan fingerprint density at radius 1 is 1.00 bits per heavy atom. The molecule has 1 aliphatic carbocycles. The quantitative estimate of drug-likeness (QED) is 0.803. The van der Waals surface area contributed by atoms with Gasteiger partial charge in [-0.25, -0.2) is 0 Å². The second-order valence-electron chi connectivity index (χ2n) is 8.53. The third kappa shape index (κ3) is 4.11. The van der Waals surface area contributed by atoms with Gasteiger partial charge in [0.1, 0.15) is 0 Å². The minimum atomic E-state index is 0. The average Bonchev–Trinajstić information content (AvgIpc) is 3.39. The van der Waals surface area contributed by atoms with Crippen molar-refractivity contribution in [1.29, 1.82) is 0 Å². The highest BCUT2D eigenvalue weighted by molar-refractivity contribution is 5.85. The van der Waals surface area contributed by atoms with Gasteiger partial charge in [0.05, 0.1) is 0 Å². The van der Waals surface area contributed by atoms with Crippen LogP contribution in [-0.2, 0) is 4.79 Å². The molecule has 1 saturated heterocycles. The summed E-state index contributed by atoms with van der Waals surface area (Å²) in [6.07, 6.45) is 0.986. The van der Waals surface area contributed by atoms with Crippen molar-refractivity contribution in [2.75, 3.05) is 19.6 Å². The number of halogens is 1. The molecule has 0 bridgehead atoms. The maximum absolute atomic E-state index is 13.1. The van der Waals surface area contributed by atoms with Crippen LogP contribution in [0.4, 0.5) is 0 Å². The monoisotopic (exact) mass is 398 g/mol. The van der Waals surface area contributed by atoms with Gasteiger partial charge in [-0.2, -0.15) is 0 Å². The molecule has 2 fully saturated rings. The molecule has 4 heteroatoms. The fourth-order valence-corrected chi connectivity index (χ4v) is 4.57. The molecule has 1 saturated carbocycles. The first-order chi connectivity index (χ1) is 13.1. The molecule has 2 aromatic carbocycles. The van der Waals surface area contributed by atoms with Crippen LogP contribution in [0.5, 0.6) is 0 Å². The van der Waals surface area contributed by atoms with E-state index in [2.05, 4.69) is 67.3 Å². The smallest absolute Gasteiger partial charge is 0.226 e. The first-order valence-corrected chi connectivity index (χ1v) is 10.2. The van der Waals surface area contributed by atoms with Crippen molar-refractivity contribution < 1.29 is 4.79 Å². The van der Waals surface area contributed by atoms with Crippen molar-refractivity contribution in [1.82, 2.24) is 4.90 Å². The van der Waals surface area contributed by atoms with Crippen molar-refractivity contribution in [3.8, 4) is 0 Å². The first-order valence-electron chi connectivity index (χ1n) is 10.2. The maximum atomic E-state index is 13.1. The van der Waals surface area contributed by atoms with Gasteiger partial charge in [-0.1, -0.05) is 68.4 Å². The van der Waals surface area contributed by atoms with Gasteiger partial charge >= 0.3 is 0 Å². The third-order valence-electron chi connectivity index (χ3n) is 6.42. The molecule has 4 rings (SSSR count). The SMILES string of the molecule is CC(C)c1ccc(C2CC2C(=O)N2C[C@@H](CN)[C@H](c3ccccc3)C2)cc1.Cl. The van der Waals surface area contributed by atoms with Gasteiger partial charge in [0.2, 0.25) is 5.91 Å². The number of carbonyl (C=O) groups is 1. The second kappa shape index (κ2) is 8.67. The van der Waals surface area contributed by atoms with E-state index in [1.165, 1.54) is 16.7 Å². The molecule has 0 spiro atoms. The zero-order chi connectivity index (χ0) is 19.0. The fourth-order valence-electron chi connectivity index (χ4n) is 4.57. The summed E-state index contributed by atoms with van der Waals surface area (Å²) >= 11 is 0. The lowest BCUT2D eigenvalue weighted by Gasteiger charge is -2.17. The van der Waals surface area contributed by atoms with Crippen LogP contribution in [-0.4, -0.2) is 30.4 Å². The van der Waals surface area contributed by atoms with Gasteiger partial charge in [0, 0.05) is 24.9 Å². The van der Waals surface area contributed by atoms with Gasteiger partial charge in [0.15, 0.2) is 0 Å². The van der Waals surface area contributed by atoms with Crippen molar-refractivity contribution in [2.45, 2.75) is 38.0 Å². The van der Waals surface area contributed by atoms with Crippen LogP contribution < -0.4 is 5.73 Å². The lowest BCUT2D eigenvalue weighted by molar-refractivity contribution is -0.131. The van der Waals surface area contributed by atoms with E-state index in [1.54, 1.807) is 0 Å². The lowest BCUT2D eigenvalue weighted by atomic mass is 9.89. The van der Waals surface area contributed by atoms with Crippen LogP contribution in [0.3, 0.4) is 0 Å². The normalized spacial score (nSPS) is 26.2. The predicted octanol–water partition coefficient (Wildman–Crippen LogP) is 4.54. The van der Waals surface area contributed by atoms with Crippen molar-refractivity contribution in [3.63, 3.8) is 0 Å². The summed E-state index contributed by atoms with van der Waals surface area (Å²) in [6.45, 7) is 6.66. The minimum Gasteiger partial charge on any atom is -0.341 e. The second-order valence-corrected chi connectivity index (χ2v) is 8.53. The number of likely N-dealkylation sites (tertiary alicyclic amines) is 1. The van der Waals surface area contributed by atoms with E-state index < -0.39 is 0 Å². The van der Waals surface area contributed by atoms with Gasteiger partial charge in [-0.3, -0.25) is 4.79 Å². The zero-order valence-electron chi connectivity index (χ0n) is 16.8. The summed E-state index contributed by atoms with van der Waals surface area (Å²) in [5.41, 5.74) is 10.0. The Hall–Kier alpha value is -1.84. The fraction of sp³-hybridized carbons (Fsp3) is 0.458. The van der Waals surface area contributed by atoms with Crippen LogP contribution in [0.25, 0.3) is 0 Å². The summed E-state index contributed by atoms with van der Waals surface area (Å²) in [5.74, 6) is 2.14. The number of amides is 1. The van der Waals surface area contributed by atoms with E-state index in [0.29, 0.717) is 36.1 Å². The topological polar surface area (TPSA) is 46.3 Å². The van der Waals surface area contributed by atoms with Crippen molar-refractivity contribution in [3.05, 3.63) is 71.3 Å². The van der Waals surface area contributed by atoms with Gasteiger partial charge in [-0.05, 0) is 47.4 Å². The Bertz CT molecular complexity index is 790. The number of rotatable bonds is 5. The molecule has 0 aromatic heterocycles. The predicted molar refractivity (Wildman–Crippen MR) is 117 cm³/mol. The number of hydrogen-bond donors (Lipinski definition) is 1. The highest BCUT2D eigenvalue weighted by Crippen LogP contribution is 2.49. The van der Waals surface area contributed by atoms with E-state index in [0.717, 1.165) is 19.5 Å².